The number of rotatable bonds is 13. The molecule has 12 nitrogen and oxygen atoms in total. The molecule has 16 heteroatoms. The van der Waals surface area contributed by atoms with Crippen molar-refractivity contribution >= 4 is 53.9 Å². The van der Waals surface area contributed by atoms with Crippen LogP contribution in [0.15, 0.2) is 80.2 Å². The molecular weight excluding hydrogens is 735 g/mol. The van der Waals surface area contributed by atoms with E-state index in [1.165, 1.54) is 92.5 Å². The Hall–Kier alpha value is -2.37. The molecule has 0 unspecified atom stereocenters. The average molecular weight is 776 g/mol. The van der Waals surface area contributed by atoms with Gasteiger partial charge in [0.25, 0.3) is 0 Å². The fourth-order valence-electron chi connectivity index (χ4n) is 4.28. The Morgan fingerprint density at radius 3 is 1.57 bits per heavy atom. The molecule has 4 aromatic rings. The molecule has 242 valence electrons. The Morgan fingerprint density at radius 2 is 1.20 bits per heavy atom. The molecule has 44 heavy (non-hydrogen) atoms. The Kier molecular flexibility index (Phi) is 16.0. The fourth-order valence-corrected chi connectivity index (χ4v) is 20.0. The van der Waals surface area contributed by atoms with Gasteiger partial charge in [-0.15, -0.1) is 0 Å². The second-order valence-electron chi connectivity index (χ2n) is 10.1. The molecule has 0 atom stereocenters. The van der Waals surface area contributed by atoms with Crippen LogP contribution in [0, 0.1) is 0 Å². The quantitative estimate of drug-likeness (QED) is 0.129. The van der Waals surface area contributed by atoms with Crippen molar-refractivity contribution in [1.29, 1.82) is 0 Å². The maximum absolute atomic E-state index is 10.9. The number of primary sulfonamides is 2. The van der Waals surface area contributed by atoms with E-state index >= 15 is 0 Å². The molecule has 0 radical (unpaired) electrons. The average Bonchev–Trinajstić information content (AvgIpc) is 3.73. The third kappa shape index (κ3) is 12.6. The molecule has 0 bridgehead atoms. The first-order chi connectivity index (χ1) is 20.9. The second-order valence-corrected chi connectivity index (χ2v) is 26.4. The summed E-state index contributed by atoms with van der Waals surface area (Å²) >= 11 is 3.10. The number of oxazole rings is 2. The number of aromatic nitrogens is 4. The van der Waals surface area contributed by atoms with E-state index in [1.54, 1.807) is 6.26 Å². The van der Waals surface area contributed by atoms with Gasteiger partial charge in [0.2, 0.25) is 25.9 Å². The van der Waals surface area contributed by atoms with Gasteiger partial charge < -0.3 is 4.42 Å². The predicted molar refractivity (Wildman–Crippen MR) is 173 cm³/mol. The van der Waals surface area contributed by atoms with Gasteiger partial charge in [0.1, 0.15) is 26.9 Å². The van der Waals surface area contributed by atoms with E-state index in [4.69, 9.17) is 30.7 Å². The fraction of sp³-hybridized carbons (Fsp3) is 0.429. The number of hydrogen-bond donors (Lipinski definition) is 2. The molecule has 0 saturated heterocycles. The van der Waals surface area contributed by atoms with Crippen LogP contribution in [0.25, 0.3) is 11.6 Å². The van der Waals surface area contributed by atoms with Crippen molar-refractivity contribution in [1.82, 2.24) is 19.9 Å². The van der Waals surface area contributed by atoms with Crippen molar-refractivity contribution in [2.24, 2.45) is 10.3 Å². The van der Waals surface area contributed by atoms with E-state index in [0.29, 0.717) is 11.6 Å². The van der Waals surface area contributed by atoms with Crippen LogP contribution in [0.5, 0.6) is 0 Å². The summed E-state index contributed by atoms with van der Waals surface area (Å²) in [6, 6.07) is 5.49. The smallest absolute Gasteiger partial charge is 0.244 e. The van der Waals surface area contributed by atoms with Crippen molar-refractivity contribution in [2.45, 2.75) is 82.4 Å². The number of nitrogens with zero attached hydrogens (tertiary/aromatic N) is 4. The molecule has 0 aliphatic heterocycles. The third-order valence-electron chi connectivity index (χ3n) is 6.66. The molecule has 0 amide bonds. The van der Waals surface area contributed by atoms with Gasteiger partial charge in [-0.25, -0.2) is 42.1 Å². The van der Waals surface area contributed by atoms with Crippen molar-refractivity contribution in [3.63, 3.8) is 0 Å². The molecule has 4 N–H and O–H groups in total. The Bertz CT molecular complexity index is 1550. The Labute approximate surface area is 269 Å². The van der Waals surface area contributed by atoms with Gasteiger partial charge in [0, 0.05) is 12.4 Å². The summed E-state index contributed by atoms with van der Waals surface area (Å²) in [7, 11) is -7.34. The van der Waals surface area contributed by atoms with Crippen molar-refractivity contribution in [3.05, 3.63) is 66.7 Å². The molecule has 0 aliphatic rings. The van der Waals surface area contributed by atoms with Crippen molar-refractivity contribution < 1.29 is 25.7 Å². The molecule has 4 aromatic heterocycles. The third-order valence-corrected chi connectivity index (χ3v) is 23.2. The molecule has 0 aromatic carbocycles. The van der Waals surface area contributed by atoms with Crippen LogP contribution in [0.2, 0.25) is 18.5 Å². The van der Waals surface area contributed by atoms with E-state index in [2.05, 4.69) is 40.7 Å². The summed E-state index contributed by atoms with van der Waals surface area (Å²) in [5, 5.41) is 9.95. The SMILES string of the molecule is CCC[CH2][Sn]([CH2]CCC)([CH2]CCC)[c]1ncco1.NS(=O)(=O)c1ccc(-c2ncco2)nc1.NS(=O)(=O)c1ccc(Cl)nc1. The second kappa shape index (κ2) is 18.6. The first-order valence-electron chi connectivity index (χ1n) is 14.3. The number of halogens is 1. The first-order valence-corrected chi connectivity index (χ1v) is 25.2. The van der Waals surface area contributed by atoms with Crippen LogP contribution in [0.1, 0.15) is 59.3 Å². The monoisotopic (exact) mass is 776 g/mol. The Balaban J connectivity index is 0.000000237. The summed E-state index contributed by atoms with van der Waals surface area (Å²) in [4.78, 5) is 15.8. The topological polar surface area (TPSA) is 198 Å². The van der Waals surface area contributed by atoms with Crippen LogP contribution in [-0.2, 0) is 20.0 Å². The van der Waals surface area contributed by atoms with E-state index in [9.17, 15) is 16.8 Å². The minimum atomic E-state index is -3.70. The zero-order valence-corrected chi connectivity index (χ0v) is 30.5. The van der Waals surface area contributed by atoms with Crippen molar-refractivity contribution in [3.8, 4) is 11.6 Å². The number of hydrogen-bond acceptors (Lipinski definition) is 10. The largest absolute Gasteiger partial charge is 0.443 e. The maximum Gasteiger partial charge on any atom is 0.244 e. The number of pyridine rings is 2. The van der Waals surface area contributed by atoms with Gasteiger partial charge in [-0.1, -0.05) is 11.6 Å². The van der Waals surface area contributed by atoms with Gasteiger partial charge in [-0.3, -0.25) is 0 Å². The molecule has 0 spiro atoms. The summed E-state index contributed by atoms with van der Waals surface area (Å²) in [5.41, 5.74) is 0.451. The van der Waals surface area contributed by atoms with Gasteiger partial charge in [-0.2, -0.15) is 0 Å². The number of sulfonamides is 2. The standard InChI is InChI=1S/C8H7N3O3S.C5H5ClN2O2S.3C4H9.C3H2NO.Sn/c9-15(12,13)6-1-2-7(11-5-6)8-10-3-4-14-8;6-5-2-1-4(3-8-5)11(7,9)10;3*1-3-4-2;1-2-5-3-4-1;/h1-5H,(H2,9,12,13);1-3H,(H2,7,9,10);3*1,3-4H2,2H3;1-2H;. The van der Waals surface area contributed by atoms with E-state index < -0.39 is 38.4 Å². The maximum atomic E-state index is 10.9. The van der Waals surface area contributed by atoms with Gasteiger partial charge >= 0.3 is 117 Å². The molecule has 0 fully saturated rings. The van der Waals surface area contributed by atoms with E-state index in [1.807, 2.05) is 6.20 Å². The molecule has 4 rings (SSSR count). The predicted octanol–water partition coefficient (Wildman–Crippen LogP) is 5.50. The van der Waals surface area contributed by atoms with Gasteiger partial charge in [-0.05, 0) is 24.3 Å². The van der Waals surface area contributed by atoms with Crippen LogP contribution in [0.4, 0.5) is 0 Å². The van der Waals surface area contributed by atoms with Gasteiger partial charge in [0.15, 0.2) is 0 Å². The van der Waals surface area contributed by atoms with E-state index in [-0.39, 0.29) is 14.9 Å². The summed E-state index contributed by atoms with van der Waals surface area (Å²) < 4.78 is 59.4. The minimum Gasteiger partial charge on any atom is -0.443 e. The van der Waals surface area contributed by atoms with Crippen LogP contribution in [-0.4, -0.2) is 55.1 Å². The summed E-state index contributed by atoms with van der Waals surface area (Å²) in [6.45, 7) is 6.89. The zero-order chi connectivity index (χ0) is 32.6. The van der Waals surface area contributed by atoms with Gasteiger partial charge in [0.05, 0.1) is 6.20 Å². The Morgan fingerprint density at radius 1 is 0.705 bits per heavy atom. The minimum absolute atomic E-state index is 0.0399. The van der Waals surface area contributed by atoms with Crippen molar-refractivity contribution in [2.75, 3.05) is 0 Å². The number of nitrogens with two attached hydrogens (primary N) is 2. The zero-order valence-electron chi connectivity index (χ0n) is 25.2. The molecule has 0 saturated carbocycles. The van der Waals surface area contributed by atoms with E-state index in [0.717, 1.165) is 12.4 Å². The number of unbranched alkanes of at least 4 members (excludes halogenated alkanes) is 3. The summed E-state index contributed by atoms with van der Waals surface area (Å²) in [6.07, 6.45) is 16.8. The summed E-state index contributed by atoms with van der Waals surface area (Å²) in [5.74, 6) is 0.330. The molecular formula is C28H41ClN6O6S2Sn. The van der Waals surface area contributed by atoms with Crippen LogP contribution in [0.3, 0.4) is 0 Å². The molecule has 4 heterocycles. The normalized spacial score (nSPS) is 11.7. The van der Waals surface area contributed by atoms with Crippen LogP contribution >= 0.6 is 11.6 Å². The first kappa shape index (κ1) is 37.8. The molecule has 0 aliphatic carbocycles. The van der Waals surface area contributed by atoms with Crippen LogP contribution < -0.4 is 14.2 Å².